The zero-order valence-corrected chi connectivity index (χ0v) is 11.9. The molecule has 2 rings (SSSR count). The van der Waals surface area contributed by atoms with Crippen LogP contribution in [-0.4, -0.2) is 25.8 Å². The molecule has 1 N–H and O–H groups in total. The highest BCUT2D eigenvalue weighted by Gasteiger charge is 2.09. The Labute approximate surface area is 111 Å². The van der Waals surface area contributed by atoms with Crippen LogP contribution >= 0.6 is 11.3 Å². The van der Waals surface area contributed by atoms with Gasteiger partial charge in [-0.15, -0.1) is 11.3 Å². The van der Waals surface area contributed by atoms with Crippen LogP contribution < -0.4 is 5.32 Å². The van der Waals surface area contributed by atoms with Gasteiger partial charge in [0, 0.05) is 17.5 Å². The molecule has 18 heavy (non-hydrogen) atoms. The summed E-state index contributed by atoms with van der Waals surface area (Å²) in [7, 11) is 0. The molecule has 98 valence electrons. The second-order valence-electron chi connectivity index (χ2n) is 4.36. The van der Waals surface area contributed by atoms with Gasteiger partial charge in [0.05, 0.1) is 17.2 Å². The van der Waals surface area contributed by atoms with Gasteiger partial charge in [0.25, 0.3) is 0 Å². The first-order valence-electron chi connectivity index (χ1n) is 6.20. The first-order valence-corrected chi connectivity index (χ1v) is 7.01. The van der Waals surface area contributed by atoms with Crippen molar-refractivity contribution in [3.63, 3.8) is 0 Å². The van der Waals surface area contributed by atoms with Gasteiger partial charge in [-0.2, -0.15) is 5.10 Å². The third-order valence-corrected chi connectivity index (χ3v) is 3.77. The number of aryl methyl sites for hydroxylation is 2. The SMILES string of the molecule is CCc1nc(C)sc1CNC(C)Cn1cncn1. The number of aromatic nitrogens is 4. The normalized spacial score (nSPS) is 12.8. The smallest absolute Gasteiger partial charge is 0.137 e. The van der Waals surface area contributed by atoms with Crippen molar-refractivity contribution >= 4 is 11.3 Å². The van der Waals surface area contributed by atoms with Crippen molar-refractivity contribution in [2.45, 2.75) is 46.3 Å². The van der Waals surface area contributed by atoms with Crippen LogP contribution in [0.25, 0.3) is 0 Å². The van der Waals surface area contributed by atoms with Gasteiger partial charge in [-0.25, -0.2) is 9.97 Å². The molecule has 0 aromatic carbocycles. The summed E-state index contributed by atoms with van der Waals surface area (Å²) in [5, 5.41) is 8.76. The highest BCUT2D eigenvalue weighted by Crippen LogP contribution is 2.18. The van der Waals surface area contributed by atoms with Crippen LogP contribution in [0, 0.1) is 6.92 Å². The molecular formula is C12H19N5S. The Hall–Kier alpha value is -1.27. The van der Waals surface area contributed by atoms with Crippen molar-refractivity contribution in [1.82, 2.24) is 25.1 Å². The van der Waals surface area contributed by atoms with Crippen molar-refractivity contribution in [1.29, 1.82) is 0 Å². The summed E-state index contributed by atoms with van der Waals surface area (Å²) in [6, 6.07) is 0.360. The van der Waals surface area contributed by atoms with E-state index in [4.69, 9.17) is 0 Å². The third-order valence-electron chi connectivity index (χ3n) is 2.76. The Morgan fingerprint density at radius 2 is 2.33 bits per heavy atom. The molecule has 0 aliphatic rings. The lowest BCUT2D eigenvalue weighted by Gasteiger charge is -2.13. The van der Waals surface area contributed by atoms with E-state index >= 15 is 0 Å². The Morgan fingerprint density at radius 1 is 1.50 bits per heavy atom. The van der Waals surface area contributed by atoms with E-state index in [0.717, 1.165) is 24.5 Å². The molecule has 0 radical (unpaired) electrons. The minimum atomic E-state index is 0.360. The zero-order valence-electron chi connectivity index (χ0n) is 11.1. The summed E-state index contributed by atoms with van der Waals surface area (Å²) in [5.74, 6) is 0. The highest BCUT2D eigenvalue weighted by atomic mass is 32.1. The van der Waals surface area contributed by atoms with Crippen LogP contribution in [0.3, 0.4) is 0 Å². The van der Waals surface area contributed by atoms with Crippen LogP contribution in [0.5, 0.6) is 0 Å². The predicted octanol–water partition coefficient (Wildman–Crippen LogP) is 1.78. The Kier molecular flexibility index (Phi) is 4.43. The van der Waals surface area contributed by atoms with E-state index in [0.29, 0.717) is 6.04 Å². The quantitative estimate of drug-likeness (QED) is 0.865. The second-order valence-corrected chi connectivity index (χ2v) is 5.64. The van der Waals surface area contributed by atoms with Gasteiger partial charge in [-0.1, -0.05) is 6.92 Å². The summed E-state index contributed by atoms with van der Waals surface area (Å²) < 4.78 is 1.84. The molecule has 1 atom stereocenters. The van der Waals surface area contributed by atoms with E-state index in [2.05, 4.69) is 41.2 Å². The number of thiazole rings is 1. The average molecular weight is 265 g/mol. The van der Waals surface area contributed by atoms with E-state index in [-0.39, 0.29) is 0 Å². The molecular weight excluding hydrogens is 246 g/mol. The average Bonchev–Trinajstić information content (AvgIpc) is 2.95. The second kappa shape index (κ2) is 6.06. The van der Waals surface area contributed by atoms with Gasteiger partial charge in [0.2, 0.25) is 0 Å². The molecule has 0 saturated heterocycles. The molecule has 5 nitrogen and oxygen atoms in total. The van der Waals surface area contributed by atoms with E-state index < -0.39 is 0 Å². The lowest BCUT2D eigenvalue weighted by atomic mass is 10.2. The monoisotopic (exact) mass is 265 g/mol. The van der Waals surface area contributed by atoms with Crippen LogP contribution in [-0.2, 0) is 19.5 Å². The van der Waals surface area contributed by atoms with E-state index in [9.17, 15) is 0 Å². The van der Waals surface area contributed by atoms with Crippen LogP contribution in [0.4, 0.5) is 0 Å². The lowest BCUT2D eigenvalue weighted by molar-refractivity contribution is 0.451. The first-order chi connectivity index (χ1) is 8.69. The number of rotatable bonds is 6. The summed E-state index contributed by atoms with van der Waals surface area (Å²) in [5.41, 5.74) is 1.22. The first kappa shape index (κ1) is 13.2. The maximum atomic E-state index is 4.53. The summed E-state index contributed by atoms with van der Waals surface area (Å²) >= 11 is 1.78. The molecule has 0 aliphatic carbocycles. The maximum Gasteiger partial charge on any atom is 0.137 e. The highest BCUT2D eigenvalue weighted by molar-refractivity contribution is 7.11. The molecule has 6 heteroatoms. The van der Waals surface area contributed by atoms with Crippen LogP contribution in [0.2, 0.25) is 0 Å². The van der Waals surface area contributed by atoms with Gasteiger partial charge < -0.3 is 5.32 Å². The number of nitrogens with one attached hydrogen (secondary N) is 1. The molecule has 0 bridgehead atoms. The lowest BCUT2D eigenvalue weighted by Crippen LogP contribution is -2.30. The molecule has 0 amide bonds. The topological polar surface area (TPSA) is 55.6 Å². The van der Waals surface area contributed by atoms with Gasteiger partial charge in [0.15, 0.2) is 0 Å². The number of hydrogen-bond acceptors (Lipinski definition) is 5. The maximum absolute atomic E-state index is 4.53. The summed E-state index contributed by atoms with van der Waals surface area (Å²) in [4.78, 5) is 9.82. The Bertz CT molecular complexity index is 477. The fourth-order valence-electron chi connectivity index (χ4n) is 1.87. The molecule has 0 saturated carbocycles. The fraction of sp³-hybridized carbons (Fsp3) is 0.583. The van der Waals surface area contributed by atoms with Crippen LogP contribution in [0.1, 0.15) is 29.4 Å². The van der Waals surface area contributed by atoms with Gasteiger partial charge in [-0.3, -0.25) is 4.68 Å². The molecule has 0 aliphatic heterocycles. The largest absolute Gasteiger partial charge is 0.307 e. The summed E-state index contributed by atoms with van der Waals surface area (Å²) in [6.07, 6.45) is 4.31. The van der Waals surface area contributed by atoms with Crippen molar-refractivity contribution < 1.29 is 0 Å². The predicted molar refractivity (Wildman–Crippen MR) is 72.6 cm³/mol. The molecule has 1 unspecified atom stereocenters. The van der Waals surface area contributed by atoms with E-state index in [1.807, 2.05) is 4.68 Å². The molecule has 2 aromatic rings. The van der Waals surface area contributed by atoms with Crippen molar-refractivity contribution in [2.24, 2.45) is 0 Å². The fourth-order valence-corrected chi connectivity index (χ4v) is 2.84. The standard InChI is InChI=1S/C12H19N5S/c1-4-11-12(18-10(3)16-11)5-14-9(2)6-17-8-13-7-15-17/h7-9,14H,4-6H2,1-3H3. The minimum absolute atomic E-state index is 0.360. The van der Waals surface area contributed by atoms with E-state index in [1.165, 1.54) is 10.6 Å². The molecule has 0 fully saturated rings. The van der Waals surface area contributed by atoms with Gasteiger partial charge in [0.1, 0.15) is 12.7 Å². The zero-order chi connectivity index (χ0) is 13.0. The third kappa shape index (κ3) is 3.36. The number of hydrogen-bond donors (Lipinski definition) is 1. The summed E-state index contributed by atoms with van der Waals surface area (Å²) in [6.45, 7) is 8.08. The molecule has 2 aromatic heterocycles. The van der Waals surface area contributed by atoms with Crippen molar-refractivity contribution in [3.05, 3.63) is 28.2 Å². The Balaban J connectivity index is 1.86. The molecule has 2 heterocycles. The van der Waals surface area contributed by atoms with E-state index in [1.54, 1.807) is 24.0 Å². The van der Waals surface area contributed by atoms with Gasteiger partial charge in [-0.05, 0) is 20.3 Å². The van der Waals surface area contributed by atoms with Crippen molar-refractivity contribution in [3.8, 4) is 0 Å². The van der Waals surface area contributed by atoms with Crippen LogP contribution in [0.15, 0.2) is 12.7 Å². The molecule has 0 spiro atoms. The minimum Gasteiger partial charge on any atom is -0.307 e. The number of nitrogens with zero attached hydrogens (tertiary/aromatic N) is 4. The van der Waals surface area contributed by atoms with Crippen molar-refractivity contribution in [2.75, 3.05) is 0 Å². The Morgan fingerprint density at radius 3 is 3.00 bits per heavy atom. The van der Waals surface area contributed by atoms with Gasteiger partial charge >= 0.3 is 0 Å².